The van der Waals surface area contributed by atoms with Gasteiger partial charge in [0.1, 0.15) is 0 Å². The number of hydrogen-bond donors (Lipinski definition) is 3. The second kappa shape index (κ2) is 2.50. The summed E-state index contributed by atoms with van der Waals surface area (Å²) >= 11 is 2.85. The smallest absolute Gasteiger partial charge is 0.446 e. The van der Waals surface area contributed by atoms with Gasteiger partial charge in [-0.3, -0.25) is 0 Å². The largest absolute Gasteiger partial charge is 0.472 e. The fourth-order valence-corrected chi connectivity index (χ4v) is 0.314. The summed E-state index contributed by atoms with van der Waals surface area (Å²) in [6, 6.07) is 0. The van der Waals surface area contributed by atoms with Gasteiger partial charge in [0.25, 0.3) is 0 Å². The predicted molar refractivity (Wildman–Crippen MR) is 27.9 cm³/mol. The van der Waals surface area contributed by atoms with Crippen LogP contribution in [0.4, 0.5) is 4.79 Å². The highest BCUT2D eigenvalue weighted by atomic mass is 32.1. The summed E-state index contributed by atoms with van der Waals surface area (Å²) in [4.78, 5) is 17.6. The van der Waals surface area contributed by atoms with Crippen LogP contribution in [0.15, 0.2) is 0 Å². The third-order valence-electron chi connectivity index (χ3n) is 0.352. The quantitative estimate of drug-likeness (QED) is 0.313. The van der Waals surface area contributed by atoms with Crippen molar-refractivity contribution in [2.45, 2.75) is 0 Å². The second-order valence-corrected chi connectivity index (χ2v) is 2.96. The van der Waals surface area contributed by atoms with Crippen molar-refractivity contribution in [3.8, 4) is 0 Å². The van der Waals surface area contributed by atoms with E-state index in [9.17, 15) is 9.36 Å². The van der Waals surface area contributed by atoms with Crippen LogP contribution in [0.3, 0.4) is 0 Å². The lowest BCUT2D eigenvalue weighted by atomic mass is 11.6. The molecule has 0 bridgehead atoms. The molecule has 0 aromatic heterocycles. The number of hydrogen-bond acceptors (Lipinski definition) is 4. The Morgan fingerprint density at radius 3 is 2.12 bits per heavy atom. The van der Waals surface area contributed by atoms with E-state index in [2.05, 4.69) is 16.9 Å². The molecule has 0 aromatic rings. The summed E-state index contributed by atoms with van der Waals surface area (Å²) in [6.45, 7) is 0. The molecule has 8 heavy (non-hydrogen) atoms. The van der Waals surface area contributed by atoms with Gasteiger partial charge in [0.2, 0.25) is 0 Å². The Hall–Kier alpha value is -0.0300. The van der Waals surface area contributed by atoms with Crippen LogP contribution in [0.1, 0.15) is 0 Å². The summed E-state index contributed by atoms with van der Waals surface area (Å²) in [5, 5.41) is 7.75. The molecule has 0 radical (unpaired) electrons. The van der Waals surface area contributed by atoms with Gasteiger partial charge in [0.15, 0.2) is 0 Å². The molecule has 0 aromatic carbocycles. The molecule has 0 saturated heterocycles. The van der Waals surface area contributed by atoms with Gasteiger partial charge in [0.05, 0.1) is 0 Å². The lowest BCUT2D eigenvalue weighted by molar-refractivity contribution is 0.210. The monoisotopic (exact) mass is 158 g/mol. The second-order valence-electron chi connectivity index (χ2n) is 0.885. The van der Waals surface area contributed by atoms with Gasteiger partial charge in [-0.25, -0.2) is 13.3 Å². The van der Waals surface area contributed by atoms with Gasteiger partial charge in [-0.05, 0) is 12.9 Å². The molecule has 0 aliphatic carbocycles. The molecule has 48 valence electrons. The molecule has 1 unspecified atom stereocenters. The molecule has 2 N–H and O–H groups in total. The molecule has 0 aliphatic rings. The maximum Gasteiger partial charge on any atom is 0.446 e. The van der Waals surface area contributed by atoms with E-state index in [1.165, 1.54) is 0 Å². The molecule has 0 heterocycles. The van der Waals surface area contributed by atoms with Crippen LogP contribution < -0.4 is 0 Å². The van der Waals surface area contributed by atoms with Crippen molar-refractivity contribution in [2.75, 3.05) is 0 Å². The van der Waals surface area contributed by atoms with E-state index in [0.717, 1.165) is 0 Å². The van der Waals surface area contributed by atoms with E-state index in [-0.39, 0.29) is 0 Å². The Balaban J connectivity index is 4.15. The fourth-order valence-electron chi connectivity index (χ4n) is 0.0349. The normalized spacial score (nSPS) is 17.2. The molecule has 5 nitrogen and oxygen atoms in total. The first kappa shape index (κ1) is 7.97. The van der Waals surface area contributed by atoms with Crippen LogP contribution in [0.5, 0.6) is 0 Å². The third-order valence-corrected chi connectivity index (χ3v) is 1.72. The molecule has 7 heteroatoms. The number of carbonyl (C=O) groups is 1. The highest BCUT2D eigenvalue weighted by Crippen LogP contribution is 2.43. The van der Waals surface area contributed by atoms with E-state index in [4.69, 9.17) is 10.00 Å². The molecular weight excluding hydrogens is 155 g/mol. The number of carboxylic acid groups (broad SMARTS) is 1. The number of rotatable bonds is 2. The van der Waals surface area contributed by atoms with Crippen LogP contribution in [0.2, 0.25) is 0 Å². The van der Waals surface area contributed by atoms with Crippen LogP contribution in [-0.2, 0) is 8.54 Å². The average Bonchev–Trinajstić information content (AvgIpc) is 1.67. The minimum Gasteiger partial charge on any atom is -0.472 e. The van der Waals surface area contributed by atoms with Crippen molar-refractivity contribution >= 4 is 26.2 Å². The SMILES string of the molecule is O=C(O)P(=O)(O)OS. The Morgan fingerprint density at radius 2 is 2.12 bits per heavy atom. The summed E-state index contributed by atoms with van der Waals surface area (Å²) < 4.78 is 13.3. The van der Waals surface area contributed by atoms with Crippen molar-refractivity contribution in [3.05, 3.63) is 0 Å². The molecule has 0 spiro atoms. The molecule has 1 atom stereocenters. The van der Waals surface area contributed by atoms with Crippen molar-refractivity contribution < 1.29 is 23.3 Å². The average molecular weight is 158 g/mol. The van der Waals surface area contributed by atoms with Gasteiger partial charge in [-0.2, -0.15) is 0 Å². The standard InChI is InChI=1S/CH3O5PS/c2-1(3)7(4,5)6-8/h8H,(H,2,3)(H,4,5). The highest BCUT2D eigenvalue weighted by molar-refractivity contribution is 7.85. The van der Waals surface area contributed by atoms with Crippen LogP contribution >= 0.6 is 20.5 Å². The van der Waals surface area contributed by atoms with E-state index < -0.39 is 13.3 Å². The van der Waals surface area contributed by atoms with Crippen molar-refractivity contribution in [2.24, 2.45) is 0 Å². The maximum absolute atomic E-state index is 9.94. The summed E-state index contributed by atoms with van der Waals surface area (Å²) in [6.07, 6.45) is 0. The molecule has 0 aliphatic heterocycles. The first-order chi connectivity index (χ1) is 3.50. The van der Waals surface area contributed by atoms with Gasteiger partial charge in [-0.15, -0.1) is 0 Å². The van der Waals surface area contributed by atoms with Gasteiger partial charge >= 0.3 is 13.3 Å². The van der Waals surface area contributed by atoms with Crippen LogP contribution in [0, 0.1) is 0 Å². The molecule has 0 amide bonds. The first-order valence-corrected chi connectivity index (χ1v) is 3.34. The molecule has 0 rings (SSSR count). The molecule has 0 saturated carbocycles. The van der Waals surface area contributed by atoms with E-state index in [0.29, 0.717) is 0 Å². The lowest BCUT2D eigenvalue weighted by Gasteiger charge is -1.97. The summed E-state index contributed by atoms with van der Waals surface area (Å²) in [5.74, 6) is 0. The highest BCUT2D eigenvalue weighted by Gasteiger charge is 2.28. The minimum absolute atomic E-state index is 1.91. The van der Waals surface area contributed by atoms with E-state index in [1.54, 1.807) is 0 Å². The van der Waals surface area contributed by atoms with Gasteiger partial charge in [-0.1, -0.05) is 0 Å². The molecule has 0 fully saturated rings. The minimum atomic E-state index is -4.46. The fraction of sp³-hybridized carbons (Fsp3) is 0. The van der Waals surface area contributed by atoms with Crippen molar-refractivity contribution in [1.29, 1.82) is 0 Å². The summed E-state index contributed by atoms with van der Waals surface area (Å²) in [7, 11) is -4.46. The van der Waals surface area contributed by atoms with Crippen LogP contribution in [-0.4, -0.2) is 15.7 Å². The third kappa shape index (κ3) is 1.83. The van der Waals surface area contributed by atoms with Crippen molar-refractivity contribution in [3.63, 3.8) is 0 Å². The number of thiol groups is 1. The Morgan fingerprint density at radius 1 is 1.75 bits per heavy atom. The van der Waals surface area contributed by atoms with Gasteiger partial charge in [0, 0.05) is 0 Å². The van der Waals surface area contributed by atoms with Crippen molar-refractivity contribution in [1.82, 2.24) is 0 Å². The maximum atomic E-state index is 9.94. The van der Waals surface area contributed by atoms with Gasteiger partial charge < -0.3 is 10.00 Å². The zero-order chi connectivity index (χ0) is 6.78. The van der Waals surface area contributed by atoms with E-state index >= 15 is 0 Å². The predicted octanol–water partition coefficient (Wildman–Crippen LogP) is 0.711. The van der Waals surface area contributed by atoms with E-state index in [1.807, 2.05) is 0 Å². The zero-order valence-electron chi connectivity index (χ0n) is 3.51. The Labute approximate surface area is 50.4 Å². The summed E-state index contributed by atoms with van der Waals surface area (Å²) in [5.41, 5.74) is -1.91. The zero-order valence-corrected chi connectivity index (χ0v) is 5.30. The lowest BCUT2D eigenvalue weighted by Crippen LogP contribution is -1.92. The Bertz CT molecular complexity index is 141. The first-order valence-electron chi connectivity index (χ1n) is 1.40. The van der Waals surface area contributed by atoms with Crippen LogP contribution in [0.25, 0.3) is 0 Å². The Kier molecular flexibility index (Phi) is 2.49. The molecular formula is CH3O5PS. The topological polar surface area (TPSA) is 83.8 Å².